The van der Waals surface area contributed by atoms with Crippen LogP contribution in [0.25, 0.3) is 10.9 Å². The monoisotopic (exact) mass is 199 g/mol. The van der Waals surface area contributed by atoms with Gasteiger partial charge in [-0.2, -0.15) is 5.26 Å². The number of fused-ring (bicyclic) bond motifs is 1. The van der Waals surface area contributed by atoms with Gasteiger partial charge >= 0.3 is 0 Å². The van der Waals surface area contributed by atoms with Crippen LogP contribution >= 0.6 is 0 Å². The molecule has 0 bridgehead atoms. The third-order valence-corrected chi connectivity index (χ3v) is 2.03. The molecule has 1 aromatic carbocycles. The van der Waals surface area contributed by atoms with Crippen molar-refractivity contribution in [2.45, 2.75) is 0 Å². The van der Waals surface area contributed by atoms with Gasteiger partial charge in [-0.15, -0.1) is 4.99 Å². The number of hydrogen-bond acceptors (Lipinski definition) is 2. The van der Waals surface area contributed by atoms with Gasteiger partial charge in [0.05, 0.1) is 5.69 Å². The van der Waals surface area contributed by atoms with Crippen molar-refractivity contribution in [1.82, 2.24) is 4.98 Å². The van der Waals surface area contributed by atoms with Crippen molar-refractivity contribution >= 4 is 22.5 Å². The quantitative estimate of drug-likeness (QED) is 0.368. The van der Waals surface area contributed by atoms with Gasteiger partial charge in [0.25, 0.3) is 0 Å². The second-order valence-corrected chi connectivity index (χ2v) is 2.97. The summed E-state index contributed by atoms with van der Waals surface area (Å²) in [5, 5.41) is 12.2. The zero-order valence-electron chi connectivity index (χ0n) is 7.86. The van der Waals surface area contributed by atoms with Crippen LogP contribution in [-0.2, 0) is 0 Å². The van der Waals surface area contributed by atoms with E-state index in [0.717, 1.165) is 16.6 Å². The molecular weight excluding hydrogens is 190 g/mol. The van der Waals surface area contributed by atoms with Gasteiger partial charge in [0.2, 0.25) is 12.2 Å². The van der Waals surface area contributed by atoms with Crippen molar-refractivity contribution in [3.8, 4) is 6.19 Å². The number of H-pyrrole nitrogens is 1. The van der Waals surface area contributed by atoms with Crippen LogP contribution in [0.15, 0.2) is 35.5 Å². The van der Waals surface area contributed by atoms with Crippen molar-refractivity contribution in [3.63, 3.8) is 0 Å². The lowest BCUT2D eigenvalue weighted by Gasteiger charge is -2.04. The van der Waals surface area contributed by atoms with Crippen LogP contribution in [0, 0.1) is 11.5 Å². The SMILES string of the molecule is N#CN=C(N)Nc1cccc2[nH]ccc12. The maximum absolute atomic E-state index is 8.32. The minimum Gasteiger partial charge on any atom is -0.369 e. The smallest absolute Gasteiger partial charge is 0.209 e. The Labute approximate surface area is 86.2 Å². The fourth-order valence-electron chi connectivity index (χ4n) is 1.41. The van der Waals surface area contributed by atoms with Crippen molar-refractivity contribution in [2.24, 2.45) is 10.7 Å². The molecule has 0 aliphatic heterocycles. The molecule has 0 saturated heterocycles. The summed E-state index contributed by atoms with van der Waals surface area (Å²) >= 11 is 0. The van der Waals surface area contributed by atoms with Crippen LogP contribution in [-0.4, -0.2) is 10.9 Å². The molecule has 74 valence electrons. The summed E-state index contributed by atoms with van der Waals surface area (Å²) in [6, 6.07) is 7.65. The van der Waals surface area contributed by atoms with E-state index >= 15 is 0 Å². The molecule has 0 aliphatic rings. The van der Waals surface area contributed by atoms with Crippen LogP contribution in [0.2, 0.25) is 0 Å². The molecule has 1 aromatic heterocycles. The molecule has 0 unspecified atom stereocenters. The van der Waals surface area contributed by atoms with Crippen LogP contribution in [0.5, 0.6) is 0 Å². The summed E-state index contributed by atoms with van der Waals surface area (Å²) in [5.74, 6) is 0.0891. The Morgan fingerprint density at radius 2 is 2.33 bits per heavy atom. The molecule has 0 saturated carbocycles. The standard InChI is InChI=1S/C10H9N5/c11-6-14-10(12)15-9-3-1-2-8-7(9)4-5-13-8/h1-5,13H,(H3,12,14,15). The highest BCUT2D eigenvalue weighted by Crippen LogP contribution is 2.21. The Morgan fingerprint density at radius 1 is 1.47 bits per heavy atom. The van der Waals surface area contributed by atoms with E-state index in [9.17, 15) is 0 Å². The summed E-state index contributed by atoms with van der Waals surface area (Å²) in [7, 11) is 0. The number of benzene rings is 1. The van der Waals surface area contributed by atoms with Gasteiger partial charge in [0, 0.05) is 17.1 Å². The molecular formula is C10H9N5. The number of anilines is 1. The molecule has 15 heavy (non-hydrogen) atoms. The summed E-state index contributed by atoms with van der Waals surface area (Å²) in [6.07, 6.45) is 3.46. The van der Waals surface area contributed by atoms with Crippen LogP contribution in [0.1, 0.15) is 0 Å². The summed E-state index contributed by atoms with van der Waals surface area (Å²) in [4.78, 5) is 6.47. The fourth-order valence-corrected chi connectivity index (χ4v) is 1.41. The van der Waals surface area contributed by atoms with Crippen LogP contribution in [0.3, 0.4) is 0 Å². The van der Waals surface area contributed by atoms with Gasteiger partial charge < -0.3 is 16.0 Å². The lowest BCUT2D eigenvalue weighted by atomic mass is 10.2. The number of nitrogens with zero attached hydrogens (tertiary/aromatic N) is 2. The second kappa shape index (κ2) is 3.72. The first-order valence-electron chi connectivity index (χ1n) is 4.36. The number of aromatic nitrogens is 1. The Morgan fingerprint density at radius 3 is 3.13 bits per heavy atom. The number of nitrogens with one attached hydrogen (secondary N) is 2. The van der Waals surface area contributed by atoms with E-state index in [1.54, 1.807) is 6.19 Å². The van der Waals surface area contributed by atoms with Gasteiger partial charge in [-0.1, -0.05) is 6.07 Å². The van der Waals surface area contributed by atoms with E-state index in [0.29, 0.717) is 0 Å². The maximum Gasteiger partial charge on any atom is 0.209 e. The normalized spacial score (nSPS) is 11.3. The van der Waals surface area contributed by atoms with Crippen molar-refractivity contribution < 1.29 is 0 Å². The number of aromatic amines is 1. The lowest BCUT2D eigenvalue weighted by molar-refractivity contribution is 1.40. The Balaban J connectivity index is 2.40. The number of aliphatic imine (C=N–C) groups is 1. The second-order valence-electron chi connectivity index (χ2n) is 2.97. The van der Waals surface area contributed by atoms with E-state index in [1.165, 1.54) is 0 Å². The Kier molecular flexibility index (Phi) is 2.25. The lowest BCUT2D eigenvalue weighted by Crippen LogP contribution is -2.21. The van der Waals surface area contributed by atoms with Gasteiger partial charge in [-0.3, -0.25) is 0 Å². The van der Waals surface area contributed by atoms with E-state index in [2.05, 4.69) is 15.3 Å². The first-order valence-corrected chi connectivity index (χ1v) is 4.36. The molecule has 5 heteroatoms. The number of hydrogen-bond donors (Lipinski definition) is 3. The van der Waals surface area contributed by atoms with Crippen molar-refractivity contribution in [2.75, 3.05) is 5.32 Å². The predicted molar refractivity (Wildman–Crippen MR) is 59.2 cm³/mol. The van der Waals surface area contributed by atoms with Crippen LogP contribution in [0.4, 0.5) is 5.69 Å². The van der Waals surface area contributed by atoms with Crippen LogP contribution < -0.4 is 11.1 Å². The molecule has 4 N–H and O–H groups in total. The van der Waals surface area contributed by atoms with Gasteiger partial charge in [-0.05, 0) is 18.2 Å². The third kappa shape index (κ3) is 1.74. The minimum absolute atomic E-state index is 0.0891. The average Bonchev–Trinajstić information content (AvgIpc) is 2.67. The van der Waals surface area contributed by atoms with Gasteiger partial charge in [0.1, 0.15) is 0 Å². The molecule has 5 nitrogen and oxygen atoms in total. The topological polar surface area (TPSA) is 90.0 Å². The summed E-state index contributed by atoms with van der Waals surface area (Å²) < 4.78 is 0. The highest BCUT2D eigenvalue weighted by Gasteiger charge is 2.01. The van der Waals surface area contributed by atoms with E-state index in [1.807, 2.05) is 30.5 Å². The summed E-state index contributed by atoms with van der Waals surface area (Å²) in [6.45, 7) is 0. The number of guanidine groups is 1. The largest absolute Gasteiger partial charge is 0.369 e. The first kappa shape index (κ1) is 9.09. The fraction of sp³-hybridized carbons (Fsp3) is 0. The third-order valence-electron chi connectivity index (χ3n) is 2.03. The Bertz CT molecular complexity index is 546. The maximum atomic E-state index is 8.32. The molecule has 0 spiro atoms. The summed E-state index contributed by atoms with van der Waals surface area (Å²) in [5.41, 5.74) is 7.31. The molecule has 0 amide bonds. The van der Waals surface area contributed by atoms with E-state index in [4.69, 9.17) is 11.0 Å². The van der Waals surface area contributed by atoms with E-state index in [-0.39, 0.29) is 5.96 Å². The number of nitriles is 1. The van der Waals surface area contributed by atoms with Gasteiger partial charge in [0.15, 0.2) is 0 Å². The zero-order valence-corrected chi connectivity index (χ0v) is 7.86. The molecule has 2 rings (SSSR count). The Hall–Kier alpha value is -2.48. The molecule has 0 fully saturated rings. The van der Waals surface area contributed by atoms with Crippen molar-refractivity contribution in [3.05, 3.63) is 30.5 Å². The molecule has 0 radical (unpaired) electrons. The van der Waals surface area contributed by atoms with E-state index < -0.39 is 0 Å². The average molecular weight is 199 g/mol. The number of nitrogens with two attached hydrogens (primary N) is 1. The molecule has 2 aromatic rings. The highest BCUT2D eigenvalue weighted by molar-refractivity contribution is 6.02. The zero-order chi connectivity index (χ0) is 10.7. The molecule has 1 heterocycles. The first-order chi connectivity index (χ1) is 7.31. The molecule has 0 aliphatic carbocycles. The van der Waals surface area contributed by atoms with Crippen molar-refractivity contribution in [1.29, 1.82) is 5.26 Å². The number of rotatable bonds is 1. The minimum atomic E-state index is 0.0891. The predicted octanol–water partition coefficient (Wildman–Crippen LogP) is 1.38. The van der Waals surface area contributed by atoms with Gasteiger partial charge in [-0.25, -0.2) is 0 Å². The molecule has 0 atom stereocenters. The highest BCUT2D eigenvalue weighted by atomic mass is 15.1.